The molecule has 2 N–H and O–H groups in total. The molecule has 3 rings (SSSR count). The van der Waals surface area contributed by atoms with Gasteiger partial charge in [-0.05, 0) is 54.1 Å². The standard InChI is InChI=1S/C21H17ClFN3O2/c22-19-7-4-8-20(23)18(19)14-28-17-11-9-15(10-12-17)13-24-26-21(27)25-16-5-2-1-3-6-16/h1-13H,14H2,(H2,25,26,27)/b24-13-. The van der Waals surface area contributed by atoms with E-state index in [-0.39, 0.29) is 6.61 Å². The first-order valence-corrected chi connectivity index (χ1v) is 8.80. The molecular formula is C21H17ClFN3O2. The summed E-state index contributed by atoms with van der Waals surface area (Å²) >= 11 is 5.98. The van der Waals surface area contributed by atoms with Crippen LogP contribution in [-0.2, 0) is 6.61 Å². The topological polar surface area (TPSA) is 62.7 Å². The van der Waals surface area contributed by atoms with Gasteiger partial charge in [0.2, 0.25) is 0 Å². The number of hydrazone groups is 1. The molecule has 0 fully saturated rings. The highest BCUT2D eigenvalue weighted by molar-refractivity contribution is 6.31. The van der Waals surface area contributed by atoms with Gasteiger partial charge in [0.1, 0.15) is 18.2 Å². The minimum atomic E-state index is -0.441. The van der Waals surface area contributed by atoms with Gasteiger partial charge in [-0.3, -0.25) is 0 Å². The van der Waals surface area contributed by atoms with Crippen LogP contribution >= 0.6 is 11.6 Å². The fourth-order valence-corrected chi connectivity index (χ4v) is 2.54. The summed E-state index contributed by atoms with van der Waals surface area (Å²) in [4.78, 5) is 11.7. The third-order valence-electron chi connectivity index (χ3n) is 3.74. The van der Waals surface area contributed by atoms with Crippen molar-refractivity contribution in [3.63, 3.8) is 0 Å². The van der Waals surface area contributed by atoms with E-state index in [1.165, 1.54) is 12.3 Å². The van der Waals surface area contributed by atoms with Crippen molar-refractivity contribution in [2.45, 2.75) is 6.61 Å². The molecule has 2 amide bonds. The highest BCUT2D eigenvalue weighted by atomic mass is 35.5. The highest BCUT2D eigenvalue weighted by Gasteiger charge is 2.07. The summed E-state index contributed by atoms with van der Waals surface area (Å²) in [7, 11) is 0. The largest absolute Gasteiger partial charge is 0.489 e. The average molecular weight is 398 g/mol. The molecule has 0 bridgehead atoms. The molecule has 142 valence electrons. The van der Waals surface area contributed by atoms with Gasteiger partial charge in [-0.15, -0.1) is 0 Å². The molecule has 0 aliphatic heterocycles. The number of nitrogens with one attached hydrogen (secondary N) is 2. The van der Waals surface area contributed by atoms with E-state index in [0.717, 1.165) is 5.56 Å². The monoisotopic (exact) mass is 397 g/mol. The zero-order chi connectivity index (χ0) is 19.8. The zero-order valence-corrected chi connectivity index (χ0v) is 15.5. The molecule has 5 nitrogen and oxygen atoms in total. The number of benzene rings is 3. The predicted octanol–water partition coefficient (Wildman–Crippen LogP) is 5.21. The van der Waals surface area contributed by atoms with Crippen molar-refractivity contribution in [2.24, 2.45) is 5.10 Å². The number of ether oxygens (including phenoxy) is 1. The van der Waals surface area contributed by atoms with Gasteiger partial charge in [-0.1, -0.05) is 35.9 Å². The van der Waals surface area contributed by atoms with Gasteiger partial charge in [0, 0.05) is 11.3 Å². The van der Waals surface area contributed by atoms with Crippen molar-refractivity contribution < 1.29 is 13.9 Å². The number of amides is 2. The van der Waals surface area contributed by atoms with Crippen molar-refractivity contribution >= 4 is 29.5 Å². The number of anilines is 1. The van der Waals surface area contributed by atoms with Crippen LogP contribution in [0.5, 0.6) is 5.75 Å². The molecular weight excluding hydrogens is 381 g/mol. The van der Waals surface area contributed by atoms with Crippen LogP contribution in [0.15, 0.2) is 77.9 Å². The quantitative estimate of drug-likeness (QED) is 0.443. The van der Waals surface area contributed by atoms with Crippen LogP contribution in [0.2, 0.25) is 5.02 Å². The SMILES string of the molecule is O=C(N/N=C\c1ccc(OCc2c(F)cccc2Cl)cc1)Nc1ccccc1. The Labute approximate surface area is 166 Å². The van der Waals surface area contributed by atoms with Crippen molar-refractivity contribution in [1.29, 1.82) is 0 Å². The van der Waals surface area contributed by atoms with E-state index in [0.29, 0.717) is 22.0 Å². The van der Waals surface area contributed by atoms with E-state index < -0.39 is 11.8 Å². The lowest BCUT2D eigenvalue weighted by molar-refractivity contribution is 0.252. The number of para-hydroxylation sites is 1. The maximum absolute atomic E-state index is 13.7. The molecule has 0 aliphatic carbocycles. The normalized spacial score (nSPS) is 10.6. The Balaban J connectivity index is 1.50. The Hall–Kier alpha value is -3.38. The van der Waals surface area contributed by atoms with Gasteiger partial charge in [0.05, 0.1) is 11.2 Å². The van der Waals surface area contributed by atoms with Crippen LogP contribution in [0.4, 0.5) is 14.9 Å². The predicted molar refractivity (Wildman–Crippen MR) is 108 cm³/mol. The third-order valence-corrected chi connectivity index (χ3v) is 4.09. The molecule has 0 unspecified atom stereocenters. The lowest BCUT2D eigenvalue weighted by atomic mass is 10.2. The number of halogens is 2. The van der Waals surface area contributed by atoms with E-state index in [1.54, 1.807) is 48.5 Å². The second-order valence-corrected chi connectivity index (χ2v) is 6.16. The first-order chi connectivity index (χ1) is 13.6. The number of carbonyl (C=O) groups is 1. The molecule has 0 heterocycles. The number of hydrogen-bond acceptors (Lipinski definition) is 3. The van der Waals surface area contributed by atoms with Crippen LogP contribution in [-0.4, -0.2) is 12.2 Å². The Morgan fingerprint density at radius 1 is 1.04 bits per heavy atom. The van der Waals surface area contributed by atoms with E-state index >= 15 is 0 Å². The molecule has 7 heteroatoms. The third kappa shape index (κ3) is 5.56. The minimum absolute atomic E-state index is 0.0279. The molecule has 0 spiro atoms. The van der Waals surface area contributed by atoms with Gasteiger partial charge >= 0.3 is 6.03 Å². The molecule has 0 atom stereocenters. The van der Waals surface area contributed by atoms with Crippen LogP contribution < -0.4 is 15.5 Å². The summed E-state index contributed by atoms with van der Waals surface area (Å²) in [5.74, 6) is 0.155. The zero-order valence-electron chi connectivity index (χ0n) is 14.7. The summed E-state index contributed by atoms with van der Waals surface area (Å²) < 4.78 is 19.3. The number of rotatable bonds is 6. The lowest BCUT2D eigenvalue weighted by Crippen LogP contribution is -2.24. The summed E-state index contributed by atoms with van der Waals surface area (Å²) in [6, 6.07) is 20.1. The Morgan fingerprint density at radius 3 is 2.50 bits per heavy atom. The summed E-state index contributed by atoms with van der Waals surface area (Å²) in [6.07, 6.45) is 1.50. The molecule has 0 saturated carbocycles. The fraction of sp³-hybridized carbons (Fsp3) is 0.0476. The van der Waals surface area contributed by atoms with Crippen LogP contribution in [0.25, 0.3) is 0 Å². The van der Waals surface area contributed by atoms with E-state index in [4.69, 9.17) is 16.3 Å². The maximum atomic E-state index is 13.7. The molecule has 3 aromatic rings. The molecule has 3 aromatic carbocycles. The smallest absolute Gasteiger partial charge is 0.339 e. The number of carbonyl (C=O) groups excluding carboxylic acids is 1. The Morgan fingerprint density at radius 2 is 1.79 bits per heavy atom. The molecule has 28 heavy (non-hydrogen) atoms. The average Bonchev–Trinajstić information content (AvgIpc) is 2.69. The number of hydrogen-bond donors (Lipinski definition) is 2. The Kier molecular flexibility index (Phi) is 6.59. The van der Waals surface area contributed by atoms with Crippen molar-refractivity contribution in [2.75, 3.05) is 5.32 Å². The van der Waals surface area contributed by atoms with Crippen molar-refractivity contribution in [1.82, 2.24) is 5.43 Å². The van der Waals surface area contributed by atoms with Gasteiger partial charge in [-0.2, -0.15) is 5.10 Å². The summed E-state index contributed by atoms with van der Waals surface area (Å²) in [5, 5.41) is 6.87. The molecule has 0 radical (unpaired) electrons. The number of nitrogens with zero attached hydrogens (tertiary/aromatic N) is 1. The first kappa shape index (κ1) is 19.4. The number of urea groups is 1. The highest BCUT2D eigenvalue weighted by Crippen LogP contribution is 2.21. The van der Waals surface area contributed by atoms with Gasteiger partial charge < -0.3 is 10.1 Å². The molecule has 0 aliphatic rings. The van der Waals surface area contributed by atoms with Gasteiger partial charge in [0.15, 0.2) is 0 Å². The second-order valence-electron chi connectivity index (χ2n) is 5.75. The van der Waals surface area contributed by atoms with Crippen molar-refractivity contribution in [3.8, 4) is 5.75 Å². The Bertz CT molecular complexity index is 943. The molecule has 0 aromatic heterocycles. The van der Waals surface area contributed by atoms with Crippen LogP contribution in [0.3, 0.4) is 0 Å². The summed E-state index contributed by atoms with van der Waals surface area (Å²) in [6.45, 7) is 0.0279. The van der Waals surface area contributed by atoms with E-state index in [1.807, 2.05) is 18.2 Å². The second kappa shape index (κ2) is 9.53. The van der Waals surface area contributed by atoms with Crippen LogP contribution in [0.1, 0.15) is 11.1 Å². The van der Waals surface area contributed by atoms with E-state index in [9.17, 15) is 9.18 Å². The van der Waals surface area contributed by atoms with Gasteiger partial charge in [0.25, 0.3) is 0 Å². The maximum Gasteiger partial charge on any atom is 0.339 e. The minimum Gasteiger partial charge on any atom is -0.489 e. The van der Waals surface area contributed by atoms with Crippen molar-refractivity contribution in [3.05, 3.63) is 94.8 Å². The lowest BCUT2D eigenvalue weighted by Gasteiger charge is -2.09. The molecule has 0 saturated heterocycles. The first-order valence-electron chi connectivity index (χ1n) is 8.42. The van der Waals surface area contributed by atoms with E-state index in [2.05, 4.69) is 15.8 Å². The van der Waals surface area contributed by atoms with Crippen LogP contribution in [0, 0.1) is 5.82 Å². The summed E-state index contributed by atoms with van der Waals surface area (Å²) in [5.41, 5.74) is 4.13. The van der Waals surface area contributed by atoms with Gasteiger partial charge in [-0.25, -0.2) is 14.6 Å². The fourth-order valence-electron chi connectivity index (χ4n) is 2.32.